The van der Waals surface area contributed by atoms with Crippen molar-refractivity contribution in [1.29, 1.82) is 0 Å². The summed E-state index contributed by atoms with van der Waals surface area (Å²) >= 11 is 9.64. The molecule has 4 heteroatoms. The lowest BCUT2D eigenvalue weighted by Crippen LogP contribution is -2.30. The van der Waals surface area contributed by atoms with E-state index in [0.717, 1.165) is 0 Å². The SMILES string of the molecule is C[Si](Br)(Br)c1ccc(I)cc1. The van der Waals surface area contributed by atoms with Crippen molar-refractivity contribution in [2.24, 2.45) is 0 Å². The Morgan fingerprint density at radius 3 is 2.00 bits per heavy atom. The normalized spacial score (nSPS) is 11.6. The molecule has 0 fully saturated rings. The highest BCUT2D eigenvalue weighted by Gasteiger charge is 2.21. The van der Waals surface area contributed by atoms with Gasteiger partial charge >= 0.3 is 0 Å². The van der Waals surface area contributed by atoms with E-state index in [0.29, 0.717) is 0 Å². The lowest BCUT2D eigenvalue weighted by Gasteiger charge is -2.10. The van der Waals surface area contributed by atoms with Crippen LogP contribution in [-0.4, -0.2) is 5.31 Å². The number of rotatable bonds is 1. The zero-order valence-corrected chi connectivity index (χ0v) is 12.3. The Kier molecular flexibility index (Phi) is 3.61. The Morgan fingerprint density at radius 2 is 1.64 bits per heavy atom. The van der Waals surface area contributed by atoms with Gasteiger partial charge in [0.25, 0.3) is 0 Å². The second kappa shape index (κ2) is 3.89. The van der Waals surface area contributed by atoms with Gasteiger partial charge in [0.05, 0.1) is 0 Å². The largest absolute Gasteiger partial charge is 0.227 e. The van der Waals surface area contributed by atoms with Gasteiger partial charge in [0.1, 0.15) is 0 Å². The maximum absolute atomic E-state index is 3.66. The van der Waals surface area contributed by atoms with Crippen molar-refractivity contribution in [3.05, 3.63) is 27.8 Å². The van der Waals surface area contributed by atoms with Gasteiger partial charge in [0.15, 0.2) is 0 Å². The molecule has 0 atom stereocenters. The predicted molar refractivity (Wildman–Crippen MR) is 68.3 cm³/mol. The number of hydrogen-bond donors (Lipinski definition) is 0. The summed E-state index contributed by atoms with van der Waals surface area (Å²) in [6.07, 6.45) is 0. The summed E-state index contributed by atoms with van der Waals surface area (Å²) in [7, 11) is 0. The topological polar surface area (TPSA) is 0 Å². The Hall–Kier alpha value is 1.13. The summed E-state index contributed by atoms with van der Waals surface area (Å²) < 4.78 is 1.28. The fraction of sp³-hybridized carbons (Fsp3) is 0.143. The van der Waals surface area contributed by atoms with Crippen LogP contribution in [0.25, 0.3) is 0 Å². The van der Waals surface area contributed by atoms with E-state index in [9.17, 15) is 0 Å². The van der Waals surface area contributed by atoms with Gasteiger partial charge in [-0.1, -0.05) is 12.1 Å². The van der Waals surface area contributed by atoms with Crippen molar-refractivity contribution >= 4 is 63.7 Å². The quantitative estimate of drug-likeness (QED) is 0.382. The van der Waals surface area contributed by atoms with E-state index in [-0.39, 0.29) is 0 Å². The maximum atomic E-state index is 3.66. The van der Waals surface area contributed by atoms with Crippen molar-refractivity contribution < 1.29 is 0 Å². The van der Waals surface area contributed by atoms with Crippen molar-refractivity contribution in [2.45, 2.75) is 6.55 Å². The molecule has 0 saturated heterocycles. The molecule has 0 aliphatic heterocycles. The molecule has 60 valence electrons. The van der Waals surface area contributed by atoms with Crippen molar-refractivity contribution in [3.63, 3.8) is 0 Å². The summed E-state index contributed by atoms with van der Waals surface area (Å²) in [5.74, 6) is 0. The Bertz CT molecular complexity index is 240. The van der Waals surface area contributed by atoms with Gasteiger partial charge in [0, 0.05) is 3.57 Å². The maximum Gasteiger partial charge on any atom is 0.227 e. The van der Waals surface area contributed by atoms with Crippen LogP contribution in [0.2, 0.25) is 6.55 Å². The van der Waals surface area contributed by atoms with Crippen LogP contribution in [0, 0.1) is 3.57 Å². The minimum absolute atomic E-state index is 1.28. The van der Waals surface area contributed by atoms with E-state index in [1.54, 1.807) is 0 Å². The summed E-state index contributed by atoms with van der Waals surface area (Å²) in [5, 5.41) is -0.0615. The van der Waals surface area contributed by atoms with Crippen LogP contribution in [-0.2, 0) is 0 Å². The smallest absolute Gasteiger partial charge is 0.105 e. The highest BCUT2D eigenvalue weighted by Crippen LogP contribution is 2.19. The Labute approximate surface area is 97.1 Å². The number of benzene rings is 1. The molecule has 0 bridgehead atoms. The second-order valence-electron chi connectivity index (χ2n) is 2.40. The third-order valence-corrected chi connectivity index (χ3v) is 6.16. The summed E-state index contributed by atoms with van der Waals surface area (Å²) in [4.78, 5) is 0. The first-order chi connectivity index (χ1) is 5.00. The van der Waals surface area contributed by atoms with Crippen LogP contribution < -0.4 is 5.19 Å². The lowest BCUT2D eigenvalue weighted by molar-refractivity contribution is 1.69. The van der Waals surface area contributed by atoms with E-state index in [1.165, 1.54) is 8.76 Å². The van der Waals surface area contributed by atoms with Crippen LogP contribution in [0.1, 0.15) is 0 Å². The molecule has 0 radical (unpaired) electrons. The molecule has 0 heterocycles. The van der Waals surface area contributed by atoms with Gasteiger partial charge in [-0.3, -0.25) is 0 Å². The minimum atomic E-state index is -1.43. The first-order valence-electron chi connectivity index (χ1n) is 3.14. The van der Waals surface area contributed by atoms with E-state index in [4.69, 9.17) is 0 Å². The molecule has 1 aromatic rings. The molecule has 1 aromatic carbocycles. The molecular formula is C7H7Br2ISi. The first kappa shape index (κ1) is 10.2. The monoisotopic (exact) mass is 404 g/mol. The molecule has 0 aliphatic rings. The molecular weight excluding hydrogens is 399 g/mol. The molecule has 0 aromatic heterocycles. The summed E-state index contributed by atoms with van der Waals surface area (Å²) in [6, 6.07) is 8.59. The number of hydrogen-bond acceptors (Lipinski definition) is 0. The average molecular weight is 406 g/mol. The van der Waals surface area contributed by atoms with E-state index in [2.05, 4.69) is 84.0 Å². The zero-order chi connectivity index (χ0) is 8.48. The van der Waals surface area contributed by atoms with Gasteiger partial charge in [-0.2, -0.15) is 0 Å². The first-order valence-corrected chi connectivity index (χ1v) is 11.2. The molecule has 0 amide bonds. The van der Waals surface area contributed by atoms with E-state index >= 15 is 0 Å². The molecule has 0 N–H and O–H groups in total. The molecule has 0 aliphatic carbocycles. The fourth-order valence-electron chi connectivity index (χ4n) is 0.743. The van der Waals surface area contributed by atoms with Gasteiger partial charge in [-0.05, 0) is 46.5 Å². The molecule has 1 rings (SSSR count). The molecule has 11 heavy (non-hydrogen) atoms. The van der Waals surface area contributed by atoms with Crippen molar-refractivity contribution in [2.75, 3.05) is 0 Å². The standard InChI is InChI=1S/C7H7Br2ISi/c1-11(8,9)7-4-2-6(10)3-5-7/h2-5H,1H3. The lowest BCUT2D eigenvalue weighted by atomic mass is 10.4. The third-order valence-electron chi connectivity index (χ3n) is 1.35. The number of halogens is 3. The molecule has 0 nitrogen and oxygen atoms in total. The highest BCUT2D eigenvalue weighted by atomic mass is 127. The van der Waals surface area contributed by atoms with Crippen LogP contribution in [0.4, 0.5) is 0 Å². The van der Waals surface area contributed by atoms with Gasteiger partial charge in [0.2, 0.25) is 5.31 Å². The van der Waals surface area contributed by atoms with Crippen molar-refractivity contribution in [1.82, 2.24) is 0 Å². The molecule has 0 spiro atoms. The van der Waals surface area contributed by atoms with Crippen molar-refractivity contribution in [3.8, 4) is 0 Å². The zero-order valence-electron chi connectivity index (χ0n) is 5.94. The van der Waals surface area contributed by atoms with Gasteiger partial charge in [-0.15, -0.1) is 30.6 Å². The van der Waals surface area contributed by atoms with Crippen LogP contribution in [0.15, 0.2) is 24.3 Å². The second-order valence-corrected chi connectivity index (χ2v) is 18.7. The molecule has 0 unspecified atom stereocenters. The minimum Gasteiger partial charge on any atom is -0.105 e. The van der Waals surface area contributed by atoms with Crippen LogP contribution in [0.3, 0.4) is 0 Å². The highest BCUT2D eigenvalue weighted by molar-refractivity contribution is 14.1. The summed E-state index contributed by atoms with van der Waals surface area (Å²) in [6.45, 7) is 2.20. The Balaban J connectivity index is 2.99. The summed E-state index contributed by atoms with van der Waals surface area (Å²) in [5.41, 5.74) is 0. The molecule has 0 saturated carbocycles. The van der Waals surface area contributed by atoms with E-state index < -0.39 is 5.31 Å². The third kappa shape index (κ3) is 3.16. The fourth-order valence-corrected chi connectivity index (χ4v) is 3.44. The average Bonchev–Trinajstić information content (AvgIpc) is 1.86. The Morgan fingerprint density at radius 1 is 1.18 bits per heavy atom. The van der Waals surface area contributed by atoms with Gasteiger partial charge in [-0.25, -0.2) is 0 Å². The predicted octanol–water partition coefficient (Wildman–Crippen LogP) is 3.36. The van der Waals surface area contributed by atoms with Crippen LogP contribution >= 0.6 is 53.2 Å². The van der Waals surface area contributed by atoms with E-state index in [1.807, 2.05) is 0 Å². The van der Waals surface area contributed by atoms with Gasteiger partial charge < -0.3 is 0 Å². The van der Waals surface area contributed by atoms with Crippen LogP contribution in [0.5, 0.6) is 0 Å².